The molecular formula is C19H17ClN4O2S. The Balaban J connectivity index is 1.55. The molecule has 1 aromatic carbocycles. The number of carbonyl (C=O) groups excluding carboxylic acids is 2. The number of halogens is 1. The second-order valence-electron chi connectivity index (χ2n) is 6.02. The maximum atomic E-state index is 12.3. The van der Waals surface area contributed by atoms with E-state index in [1.54, 1.807) is 36.5 Å². The van der Waals surface area contributed by atoms with Crippen molar-refractivity contribution in [3.63, 3.8) is 0 Å². The quantitative estimate of drug-likeness (QED) is 0.775. The van der Waals surface area contributed by atoms with Crippen LogP contribution in [0.1, 0.15) is 28.8 Å². The summed E-state index contributed by atoms with van der Waals surface area (Å²) < 4.78 is 0. The molecule has 8 heteroatoms. The van der Waals surface area contributed by atoms with Gasteiger partial charge in [-0.15, -0.1) is 0 Å². The average molecular weight is 401 g/mol. The van der Waals surface area contributed by atoms with E-state index in [2.05, 4.69) is 10.3 Å². The first-order chi connectivity index (χ1) is 13.1. The van der Waals surface area contributed by atoms with Crippen LogP contribution >= 0.6 is 23.4 Å². The molecule has 3 rings (SSSR count). The van der Waals surface area contributed by atoms with Gasteiger partial charge in [-0.3, -0.25) is 9.59 Å². The number of hydrogen-bond donors (Lipinski definition) is 1. The van der Waals surface area contributed by atoms with E-state index in [1.807, 2.05) is 11.0 Å². The lowest BCUT2D eigenvalue weighted by atomic mass is 10.2. The zero-order valence-electron chi connectivity index (χ0n) is 14.4. The fourth-order valence-corrected chi connectivity index (χ4v) is 3.55. The molecule has 0 atom stereocenters. The van der Waals surface area contributed by atoms with Gasteiger partial charge in [-0.2, -0.15) is 5.26 Å². The zero-order chi connectivity index (χ0) is 19.2. The summed E-state index contributed by atoms with van der Waals surface area (Å²) in [5.41, 5.74) is 1.29. The molecule has 0 spiro atoms. The Hall–Kier alpha value is -2.56. The van der Waals surface area contributed by atoms with Crippen LogP contribution in [0.3, 0.4) is 0 Å². The molecular weight excluding hydrogens is 384 g/mol. The lowest BCUT2D eigenvalue weighted by molar-refractivity contribution is -0.113. The Labute approximate surface area is 166 Å². The second kappa shape index (κ2) is 8.89. The minimum absolute atomic E-state index is 0.000665. The predicted molar refractivity (Wildman–Crippen MR) is 105 cm³/mol. The molecule has 0 unspecified atom stereocenters. The number of anilines is 1. The number of carbonyl (C=O) groups is 2. The fourth-order valence-electron chi connectivity index (χ4n) is 2.74. The van der Waals surface area contributed by atoms with Crippen LogP contribution < -0.4 is 5.32 Å². The van der Waals surface area contributed by atoms with Crippen molar-refractivity contribution in [3.05, 3.63) is 52.7 Å². The Morgan fingerprint density at radius 3 is 2.70 bits per heavy atom. The summed E-state index contributed by atoms with van der Waals surface area (Å²) in [5.74, 6) is -0.138. The molecule has 2 aromatic rings. The summed E-state index contributed by atoms with van der Waals surface area (Å²) in [5, 5.41) is 12.9. The van der Waals surface area contributed by atoms with Gasteiger partial charge < -0.3 is 10.2 Å². The molecule has 0 radical (unpaired) electrons. The monoisotopic (exact) mass is 400 g/mol. The number of pyridine rings is 1. The van der Waals surface area contributed by atoms with Gasteiger partial charge in [0.1, 0.15) is 6.07 Å². The summed E-state index contributed by atoms with van der Waals surface area (Å²) >= 11 is 7.16. The molecule has 2 heterocycles. The van der Waals surface area contributed by atoms with Crippen molar-refractivity contribution in [2.24, 2.45) is 0 Å². The third-order valence-electron chi connectivity index (χ3n) is 4.10. The fraction of sp³-hybridized carbons (Fsp3) is 0.263. The van der Waals surface area contributed by atoms with E-state index in [0.717, 1.165) is 25.9 Å². The van der Waals surface area contributed by atoms with Gasteiger partial charge in [0.05, 0.1) is 27.6 Å². The molecule has 0 aliphatic carbocycles. The highest BCUT2D eigenvalue weighted by Gasteiger charge is 2.19. The van der Waals surface area contributed by atoms with Crippen molar-refractivity contribution in [1.29, 1.82) is 5.26 Å². The van der Waals surface area contributed by atoms with Gasteiger partial charge in [-0.1, -0.05) is 23.4 Å². The highest BCUT2D eigenvalue weighted by atomic mass is 35.5. The topological polar surface area (TPSA) is 86.1 Å². The molecule has 1 aliphatic heterocycles. The number of nitrogens with one attached hydrogen (secondary N) is 1. The molecule has 1 aromatic heterocycles. The normalized spacial score (nSPS) is 13.3. The molecule has 0 saturated carbocycles. The van der Waals surface area contributed by atoms with Gasteiger partial charge in [-0.05, 0) is 43.2 Å². The summed E-state index contributed by atoms with van der Waals surface area (Å²) in [4.78, 5) is 30.5. The van der Waals surface area contributed by atoms with E-state index in [4.69, 9.17) is 16.9 Å². The second-order valence-corrected chi connectivity index (χ2v) is 7.46. The van der Waals surface area contributed by atoms with E-state index >= 15 is 0 Å². The Bertz CT molecular complexity index is 890. The van der Waals surface area contributed by atoms with Crippen LogP contribution in [0.5, 0.6) is 0 Å². The molecule has 1 fully saturated rings. The smallest absolute Gasteiger partial charge is 0.255 e. The largest absolute Gasteiger partial charge is 0.339 e. The van der Waals surface area contributed by atoms with Gasteiger partial charge >= 0.3 is 0 Å². The summed E-state index contributed by atoms with van der Waals surface area (Å²) in [6, 6.07) is 10.2. The number of nitriles is 1. The average Bonchev–Trinajstić information content (AvgIpc) is 3.21. The van der Waals surface area contributed by atoms with Gasteiger partial charge in [0, 0.05) is 24.3 Å². The molecule has 27 heavy (non-hydrogen) atoms. The van der Waals surface area contributed by atoms with Gasteiger partial charge in [-0.25, -0.2) is 4.98 Å². The number of likely N-dealkylation sites (tertiary alicyclic amines) is 1. The minimum Gasteiger partial charge on any atom is -0.339 e. The van der Waals surface area contributed by atoms with E-state index in [9.17, 15) is 9.59 Å². The van der Waals surface area contributed by atoms with Crippen LogP contribution in [0.15, 0.2) is 41.6 Å². The van der Waals surface area contributed by atoms with Crippen molar-refractivity contribution in [2.45, 2.75) is 17.9 Å². The van der Waals surface area contributed by atoms with Crippen LogP contribution in [0, 0.1) is 11.3 Å². The first-order valence-corrected chi connectivity index (χ1v) is 9.81. The first kappa shape index (κ1) is 19.2. The number of aromatic nitrogens is 1. The number of amides is 2. The molecule has 2 amide bonds. The molecule has 0 bridgehead atoms. The molecule has 138 valence electrons. The highest BCUT2D eigenvalue weighted by molar-refractivity contribution is 7.99. The number of benzene rings is 1. The van der Waals surface area contributed by atoms with Gasteiger partial charge in [0.2, 0.25) is 5.91 Å². The maximum Gasteiger partial charge on any atom is 0.255 e. The summed E-state index contributed by atoms with van der Waals surface area (Å²) in [7, 11) is 0. The standard InChI is InChI=1S/C19H17ClN4O2S/c20-15-5-3-13(10-21)16(9-15)23-17(25)12-27-18-6-4-14(11-22-18)19(26)24-7-1-2-8-24/h3-6,9,11H,1-2,7-8,12H2,(H,23,25). The number of nitrogens with zero attached hydrogens (tertiary/aromatic N) is 3. The zero-order valence-corrected chi connectivity index (χ0v) is 16.0. The van der Waals surface area contributed by atoms with Gasteiger partial charge in [0.25, 0.3) is 5.91 Å². The van der Waals surface area contributed by atoms with Crippen molar-refractivity contribution in [3.8, 4) is 6.07 Å². The van der Waals surface area contributed by atoms with Crippen molar-refractivity contribution < 1.29 is 9.59 Å². The van der Waals surface area contributed by atoms with Crippen LogP contribution in [0.2, 0.25) is 5.02 Å². The van der Waals surface area contributed by atoms with Crippen molar-refractivity contribution >= 4 is 40.9 Å². The highest BCUT2D eigenvalue weighted by Crippen LogP contribution is 2.22. The van der Waals surface area contributed by atoms with E-state index < -0.39 is 0 Å². The summed E-state index contributed by atoms with van der Waals surface area (Å²) in [6.07, 6.45) is 3.64. The first-order valence-electron chi connectivity index (χ1n) is 8.44. The lowest BCUT2D eigenvalue weighted by Gasteiger charge is -2.14. The SMILES string of the molecule is N#Cc1ccc(Cl)cc1NC(=O)CSc1ccc(C(=O)N2CCCC2)cn1. The summed E-state index contributed by atoms with van der Waals surface area (Å²) in [6.45, 7) is 1.59. The molecule has 1 N–H and O–H groups in total. The Kier molecular flexibility index (Phi) is 6.32. The Morgan fingerprint density at radius 1 is 1.26 bits per heavy atom. The maximum absolute atomic E-state index is 12.3. The number of hydrogen-bond acceptors (Lipinski definition) is 5. The van der Waals surface area contributed by atoms with E-state index in [1.165, 1.54) is 11.8 Å². The molecule has 1 aliphatic rings. The van der Waals surface area contributed by atoms with E-state index in [-0.39, 0.29) is 17.6 Å². The van der Waals surface area contributed by atoms with Crippen molar-refractivity contribution in [2.75, 3.05) is 24.2 Å². The predicted octanol–water partition coefficient (Wildman–Crippen LogP) is 3.57. The van der Waals surface area contributed by atoms with Crippen LogP contribution in [-0.2, 0) is 4.79 Å². The number of thioether (sulfide) groups is 1. The van der Waals surface area contributed by atoms with Gasteiger partial charge in [0.15, 0.2) is 0 Å². The van der Waals surface area contributed by atoms with Crippen LogP contribution in [-0.4, -0.2) is 40.5 Å². The minimum atomic E-state index is -0.266. The van der Waals surface area contributed by atoms with E-state index in [0.29, 0.717) is 26.9 Å². The van der Waals surface area contributed by atoms with Crippen LogP contribution in [0.4, 0.5) is 5.69 Å². The molecule has 1 saturated heterocycles. The number of rotatable bonds is 5. The van der Waals surface area contributed by atoms with Crippen molar-refractivity contribution in [1.82, 2.24) is 9.88 Å². The Morgan fingerprint density at radius 2 is 2.04 bits per heavy atom. The third-order valence-corrected chi connectivity index (χ3v) is 5.28. The van der Waals surface area contributed by atoms with Crippen LogP contribution in [0.25, 0.3) is 0 Å². The lowest BCUT2D eigenvalue weighted by Crippen LogP contribution is -2.27. The molecule has 6 nitrogen and oxygen atoms in total. The third kappa shape index (κ3) is 5.00.